The predicted octanol–water partition coefficient (Wildman–Crippen LogP) is 3.62. The Hall–Kier alpha value is -1.86. The largest absolute Gasteiger partial charge is 0.494 e. The number of aromatic nitrogens is 2. The van der Waals surface area contributed by atoms with Crippen LogP contribution in [0.25, 0.3) is 0 Å². The van der Waals surface area contributed by atoms with Gasteiger partial charge in [-0.15, -0.1) is 10.2 Å². The molecule has 2 heterocycles. The maximum Gasteiger partial charge on any atom is 0.207 e. The molecule has 1 aliphatic rings. The molecule has 142 valence electrons. The van der Waals surface area contributed by atoms with Gasteiger partial charge in [0.25, 0.3) is 0 Å². The number of anilines is 2. The lowest BCUT2D eigenvalue weighted by Crippen LogP contribution is -2.33. The zero-order valence-corrected chi connectivity index (χ0v) is 16.3. The van der Waals surface area contributed by atoms with Crippen molar-refractivity contribution in [2.45, 2.75) is 39.2 Å². The highest BCUT2D eigenvalue weighted by molar-refractivity contribution is 7.18. The average Bonchev–Trinajstić information content (AvgIpc) is 3.04. The first-order valence-electron chi connectivity index (χ1n) is 9.46. The fourth-order valence-corrected chi connectivity index (χ4v) is 3.88. The molecular weight excluding hydrogens is 346 g/mol. The van der Waals surface area contributed by atoms with Gasteiger partial charge in [0.2, 0.25) is 10.3 Å². The van der Waals surface area contributed by atoms with Gasteiger partial charge in [-0.3, -0.25) is 4.90 Å². The lowest BCUT2D eigenvalue weighted by atomic mass is 10.00. The van der Waals surface area contributed by atoms with E-state index in [0.29, 0.717) is 5.13 Å². The summed E-state index contributed by atoms with van der Waals surface area (Å²) >= 11 is 1.37. The van der Waals surface area contributed by atoms with Gasteiger partial charge in [-0.1, -0.05) is 30.4 Å². The summed E-state index contributed by atoms with van der Waals surface area (Å²) in [5, 5.41) is 12.2. The second-order valence-corrected chi connectivity index (χ2v) is 8.07. The Labute approximate surface area is 159 Å². The van der Waals surface area contributed by atoms with Crippen LogP contribution < -0.4 is 15.8 Å². The number of hydrogen-bond acceptors (Lipinski definition) is 7. The molecule has 1 atom stereocenters. The summed E-state index contributed by atoms with van der Waals surface area (Å²) < 4.78 is 5.92. The molecule has 26 heavy (non-hydrogen) atoms. The van der Waals surface area contributed by atoms with Crippen molar-refractivity contribution in [2.24, 2.45) is 5.92 Å². The van der Waals surface area contributed by atoms with E-state index in [4.69, 9.17) is 10.5 Å². The first-order valence-corrected chi connectivity index (χ1v) is 10.3. The quantitative estimate of drug-likeness (QED) is 0.652. The van der Waals surface area contributed by atoms with Crippen LogP contribution in [0.5, 0.6) is 5.75 Å². The number of nitrogens with two attached hydrogens (primary N) is 1. The smallest absolute Gasteiger partial charge is 0.207 e. The summed E-state index contributed by atoms with van der Waals surface area (Å²) in [5.74, 6) is 1.78. The summed E-state index contributed by atoms with van der Waals surface area (Å²) in [7, 11) is 0. The highest BCUT2D eigenvalue weighted by Gasteiger charge is 2.16. The zero-order chi connectivity index (χ0) is 18.2. The standard InChI is InChI=1S/C19H29N5OS/c1-15-6-5-10-24(13-15)14-16-7-4-8-17(12-16)25-11-3-2-9-21-19-23-22-18(20)26-19/h4,7-8,12,15H,2-3,5-6,9-11,13-14H2,1H3,(H2,20,22)(H,21,23). The van der Waals surface area contributed by atoms with Crippen molar-refractivity contribution in [3.63, 3.8) is 0 Å². The van der Waals surface area contributed by atoms with Crippen LogP contribution in [0.2, 0.25) is 0 Å². The van der Waals surface area contributed by atoms with Crippen molar-refractivity contribution in [3.05, 3.63) is 29.8 Å². The first-order chi connectivity index (χ1) is 12.7. The van der Waals surface area contributed by atoms with E-state index >= 15 is 0 Å². The Morgan fingerprint density at radius 1 is 1.35 bits per heavy atom. The van der Waals surface area contributed by atoms with E-state index in [1.165, 1.54) is 42.8 Å². The monoisotopic (exact) mass is 375 g/mol. The second kappa shape index (κ2) is 9.73. The first kappa shape index (κ1) is 18.9. The third-order valence-corrected chi connectivity index (χ3v) is 5.31. The Morgan fingerprint density at radius 2 is 2.27 bits per heavy atom. The molecule has 0 aliphatic carbocycles. The van der Waals surface area contributed by atoms with Gasteiger partial charge in [0.05, 0.1) is 6.61 Å². The van der Waals surface area contributed by atoms with Gasteiger partial charge < -0.3 is 15.8 Å². The van der Waals surface area contributed by atoms with Crippen LogP contribution in [0.15, 0.2) is 24.3 Å². The van der Waals surface area contributed by atoms with E-state index in [1.807, 2.05) is 6.07 Å². The molecule has 1 fully saturated rings. The molecule has 0 spiro atoms. The summed E-state index contributed by atoms with van der Waals surface area (Å²) in [5.41, 5.74) is 6.89. The van der Waals surface area contributed by atoms with Crippen molar-refractivity contribution in [1.82, 2.24) is 15.1 Å². The highest BCUT2D eigenvalue weighted by atomic mass is 32.1. The normalized spacial score (nSPS) is 18.0. The molecule has 7 heteroatoms. The number of unbranched alkanes of at least 4 members (excludes halogenated alkanes) is 1. The SMILES string of the molecule is CC1CCCN(Cc2cccc(OCCCCNc3nnc(N)s3)c2)C1. The summed E-state index contributed by atoms with van der Waals surface area (Å²) in [6, 6.07) is 8.52. The molecule has 0 saturated carbocycles. The van der Waals surface area contributed by atoms with E-state index in [1.54, 1.807) is 0 Å². The van der Waals surface area contributed by atoms with Gasteiger partial charge in [-0.05, 0) is 55.8 Å². The second-order valence-electron chi connectivity index (χ2n) is 7.06. The minimum Gasteiger partial charge on any atom is -0.494 e. The van der Waals surface area contributed by atoms with Crippen molar-refractivity contribution in [2.75, 3.05) is 37.3 Å². The van der Waals surface area contributed by atoms with Crippen molar-refractivity contribution >= 4 is 21.6 Å². The number of rotatable bonds is 9. The minimum absolute atomic E-state index is 0.495. The lowest BCUT2D eigenvalue weighted by Gasteiger charge is -2.30. The van der Waals surface area contributed by atoms with Crippen LogP contribution in [0, 0.1) is 5.92 Å². The zero-order valence-electron chi connectivity index (χ0n) is 15.5. The number of hydrogen-bond donors (Lipinski definition) is 2. The maximum absolute atomic E-state index is 5.92. The van der Waals surface area contributed by atoms with Gasteiger partial charge in [-0.25, -0.2) is 0 Å². The molecular formula is C19H29N5OS. The molecule has 1 aromatic heterocycles. The van der Waals surface area contributed by atoms with Crippen LogP contribution in [-0.4, -0.2) is 41.3 Å². The van der Waals surface area contributed by atoms with E-state index < -0.39 is 0 Å². The molecule has 1 aromatic carbocycles. The predicted molar refractivity (Wildman–Crippen MR) is 108 cm³/mol. The molecule has 6 nitrogen and oxygen atoms in total. The molecule has 0 radical (unpaired) electrons. The Kier molecular flexibility index (Phi) is 7.08. The number of piperidine rings is 1. The lowest BCUT2D eigenvalue weighted by molar-refractivity contribution is 0.176. The topological polar surface area (TPSA) is 76.3 Å². The molecule has 1 unspecified atom stereocenters. The van der Waals surface area contributed by atoms with E-state index in [-0.39, 0.29) is 0 Å². The number of benzene rings is 1. The van der Waals surface area contributed by atoms with Gasteiger partial charge in [-0.2, -0.15) is 0 Å². The molecule has 0 bridgehead atoms. The number of nitrogens with zero attached hydrogens (tertiary/aromatic N) is 3. The summed E-state index contributed by atoms with van der Waals surface area (Å²) in [6.45, 7) is 7.37. The number of ether oxygens (including phenoxy) is 1. The van der Waals surface area contributed by atoms with Crippen molar-refractivity contribution in [3.8, 4) is 5.75 Å². The molecule has 1 aliphatic heterocycles. The molecule has 3 rings (SSSR count). The summed E-state index contributed by atoms with van der Waals surface area (Å²) in [6.07, 6.45) is 4.69. The Bertz CT molecular complexity index is 677. The molecule has 0 amide bonds. The summed E-state index contributed by atoms with van der Waals surface area (Å²) in [4.78, 5) is 2.55. The van der Waals surface area contributed by atoms with Crippen LogP contribution in [0.4, 0.5) is 10.3 Å². The molecule has 1 saturated heterocycles. The third-order valence-electron chi connectivity index (χ3n) is 4.60. The van der Waals surface area contributed by atoms with E-state index in [2.05, 4.69) is 45.5 Å². The van der Waals surface area contributed by atoms with E-state index in [9.17, 15) is 0 Å². The Morgan fingerprint density at radius 3 is 3.08 bits per heavy atom. The maximum atomic E-state index is 5.92. The molecule has 3 N–H and O–H groups in total. The van der Waals surface area contributed by atoms with Crippen molar-refractivity contribution < 1.29 is 4.74 Å². The van der Waals surface area contributed by atoms with Crippen LogP contribution >= 0.6 is 11.3 Å². The fourth-order valence-electron chi connectivity index (χ4n) is 3.34. The number of nitrogen functional groups attached to an aromatic ring is 1. The average molecular weight is 376 g/mol. The molecule has 2 aromatic rings. The Balaban J connectivity index is 1.34. The van der Waals surface area contributed by atoms with Crippen LogP contribution in [-0.2, 0) is 6.54 Å². The number of nitrogens with one attached hydrogen (secondary N) is 1. The van der Waals surface area contributed by atoms with Gasteiger partial charge in [0.15, 0.2) is 0 Å². The van der Waals surface area contributed by atoms with Gasteiger partial charge in [0.1, 0.15) is 5.75 Å². The van der Waals surface area contributed by atoms with Gasteiger partial charge >= 0.3 is 0 Å². The van der Waals surface area contributed by atoms with E-state index in [0.717, 1.165) is 49.3 Å². The third kappa shape index (κ3) is 6.14. The highest BCUT2D eigenvalue weighted by Crippen LogP contribution is 2.20. The fraction of sp³-hybridized carbons (Fsp3) is 0.579. The van der Waals surface area contributed by atoms with Crippen LogP contribution in [0.1, 0.15) is 38.2 Å². The van der Waals surface area contributed by atoms with Gasteiger partial charge in [0, 0.05) is 19.6 Å². The minimum atomic E-state index is 0.495. The van der Waals surface area contributed by atoms with Crippen molar-refractivity contribution in [1.29, 1.82) is 0 Å². The van der Waals surface area contributed by atoms with Crippen LogP contribution in [0.3, 0.4) is 0 Å². The number of likely N-dealkylation sites (tertiary alicyclic amines) is 1.